The molecule has 1 aromatic heterocycles. The van der Waals surface area contributed by atoms with Crippen LogP contribution in [0.2, 0.25) is 0 Å². The smallest absolute Gasteiger partial charge is 0.443 e. The first kappa shape index (κ1) is 21.4. The van der Waals surface area contributed by atoms with Crippen molar-refractivity contribution in [2.45, 2.75) is 39.1 Å². The summed E-state index contributed by atoms with van der Waals surface area (Å²) in [6.07, 6.45) is -5.21. The molecule has 6 nitrogen and oxygen atoms in total. The molecule has 2 aromatic carbocycles. The van der Waals surface area contributed by atoms with Crippen molar-refractivity contribution in [1.29, 1.82) is 0 Å². The normalized spacial score (nSPS) is 11.9. The van der Waals surface area contributed by atoms with Gasteiger partial charge in [0.15, 0.2) is 0 Å². The first-order chi connectivity index (χ1) is 14.0. The molecule has 0 N–H and O–H groups in total. The summed E-state index contributed by atoms with van der Waals surface area (Å²) in [6, 6.07) is 15.5. The van der Waals surface area contributed by atoms with Gasteiger partial charge in [-0.1, -0.05) is 30.3 Å². The molecule has 0 aliphatic carbocycles. The lowest BCUT2D eigenvalue weighted by Crippen LogP contribution is -2.36. The fraction of sp³-hybridized carbons (Fsp3) is 0.286. The van der Waals surface area contributed by atoms with E-state index in [4.69, 9.17) is 4.74 Å². The topological polar surface area (TPSA) is 68.5 Å². The number of nitrogens with zero attached hydrogens (tertiary/aromatic N) is 3. The van der Waals surface area contributed by atoms with Crippen molar-refractivity contribution in [3.05, 3.63) is 66.1 Å². The number of halogens is 3. The number of rotatable bonds is 4. The zero-order valence-electron chi connectivity index (χ0n) is 16.6. The highest BCUT2D eigenvalue weighted by Gasteiger charge is 2.38. The van der Waals surface area contributed by atoms with E-state index >= 15 is 0 Å². The lowest BCUT2D eigenvalue weighted by Gasteiger charge is -2.27. The van der Waals surface area contributed by atoms with Crippen molar-refractivity contribution in [3.63, 3.8) is 0 Å². The van der Waals surface area contributed by atoms with Crippen LogP contribution in [0.3, 0.4) is 0 Å². The summed E-state index contributed by atoms with van der Waals surface area (Å²) in [7, 11) is 0. The van der Waals surface area contributed by atoms with Crippen LogP contribution in [-0.4, -0.2) is 21.9 Å². The Bertz CT molecular complexity index is 994. The highest BCUT2D eigenvalue weighted by atomic mass is 19.4. The van der Waals surface area contributed by atoms with Crippen LogP contribution >= 0.6 is 0 Å². The second-order valence-corrected chi connectivity index (χ2v) is 7.51. The monoisotopic (exact) mass is 419 g/mol. The molecule has 0 aliphatic heterocycles. The van der Waals surface area contributed by atoms with Crippen molar-refractivity contribution >= 4 is 11.8 Å². The maximum absolute atomic E-state index is 12.7. The minimum Gasteiger partial charge on any atom is -0.443 e. The first-order valence-electron chi connectivity index (χ1n) is 9.08. The molecule has 1 amide bonds. The quantitative estimate of drug-likeness (QED) is 0.543. The summed E-state index contributed by atoms with van der Waals surface area (Å²) in [5, 5.41) is 6.46. The third-order valence-corrected chi connectivity index (χ3v) is 3.89. The molecule has 0 radical (unpaired) electrons. The van der Waals surface area contributed by atoms with Gasteiger partial charge in [-0.3, -0.25) is 4.90 Å². The largest absolute Gasteiger partial charge is 0.470 e. The van der Waals surface area contributed by atoms with Crippen LogP contribution in [0.1, 0.15) is 32.2 Å². The van der Waals surface area contributed by atoms with Crippen LogP contribution in [0, 0.1) is 0 Å². The molecule has 30 heavy (non-hydrogen) atoms. The summed E-state index contributed by atoms with van der Waals surface area (Å²) < 4.78 is 48.1. The highest BCUT2D eigenvalue weighted by molar-refractivity contribution is 5.87. The van der Waals surface area contributed by atoms with Crippen LogP contribution < -0.4 is 4.90 Å². The highest BCUT2D eigenvalue weighted by Crippen LogP contribution is 2.30. The number of para-hydroxylation sites is 1. The van der Waals surface area contributed by atoms with Gasteiger partial charge in [-0.2, -0.15) is 13.2 Å². The van der Waals surface area contributed by atoms with Crippen molar-refractivity contribution in [2.24, 2.45) is 0 Å². The number of benzene rings is 2. The second kappa shape index (κ2) is 8.17. The molecule has 0 saturated carbocycles. The van der Waals surface area contributed by atoms with Gasteiger partial charge in [0.05, 0.1) is 6.54 Å². The zero-order chi connectivity index (χ0) is 21.9. The van der Waals surface area contributed by atoms with E-state index in [1.54, 1.807) is 57.2 Å². The van der Waals surface area contributed by atoms with Crippen molar-refractivity contribution in [2.75, 3.05) is 4.90 Å². The predicted octanol–water partition coefficient (Wildman–Crippen LogP) is 5.70. The van der Waals surface area contributed by atoms with Crippen molar-refractivity contribution < 1.29 is 27.1 Å². The molecule has 3 aromatic rings. The third-order valence-electron chi connectivity index (χ3n) is 3.89. The molecule has 1 heterocycles. The van der Waals surface area contributed by atoms with Crippen LogP contribution in [0.15, 0.2) is 59.0 Å². The second-order valence-electron chi connectivity index (χ2n) is 7.51. The van der Waals surface area contributed by atoms with Gasteiger partial charge in [0.2, 0.25) is 5.89 Å². The van der Waals surface area contributed by atoms with Crippen molar-refractivity contribution in [3.8, 4) is 11.5 Å². The van der Waals surface area contributed by atoms with E-state index in [0.717, 1.165) is 5.56 Å². The van der Waals surface area contributed by atoms with Crippen molar-refractivity contribution in [1.82, 2.24) is 10.2 Å². The molecule has 0 bridgehead atoms. The molecule has 0 aliphatic rings. The summed E-state index contributed by atoms with van der Waals surface area (Å²) in [4.78, 5) is 14.2. The molecule has 158 valence electrons. The third kappa shape index (κ3) is 5.37. The van der Waals surface area contributed by atoms with Gasteiger partial charge < -0.3 is 9.15 Å². The van der Waals surface area contributed by atoms with E-state index in [1.807, 2.05) is 18.2 Å². The number of aromatic nitrogens is 2. The Morgan fingerprint density at radius 2 is 1.63 bits per heavy atom. The van der Waals surface area contributed by atoms with Crippen LogP contribution in [0.25, 0.3) is 11.5 Å². The molecular weight excluding hydrogens is 399 g/mol. The molecule has 0 fully saturated rings. The maximum atomic E-state index is 12.7. The van der Waals surface area contributed by atoms with Gasteiger partial charge in [0.1, 0.15) is 5.60 Å². The number of carbonyl (C=O) groups excluding carboxylic acids is 1. The van der Waals surface area contributed by atoms with Crippen LogP contribution in [0.4, 0.5) is 23.7 Å². The van der Waals surface area contributed by atoms with Crippen LogP contribution in [0.5, 0.6) is 0 Å². The Morgan fingerprint density at radius 1 is 1.00 bits per heavy atom. The Kier molecular flexibility index (Phi) is 5.82. The number of amides is 1. The van der Waals surface area contributed by atoms with E-state index in [9.17, 15) is 18.0 Å². The standard InChI is InChI=1S/C21H20F3N3O3/c1-20(2,3)30-19(28)27(16-7-5-4-6-8-16)13-14-9-11-15(12-10-14)17-25-26-18(29-17)21(22,23)24/h4-12H,13H2,1-3H3. The Morgan fingerprint density at radius 3 is 2.17 bits per heavy atom. The van der Waals surface area contributed by atoms with E-state index in [0.29, 0.717) is 11.3 Å². The number of hydrogen-bond donors (Lipinski definition) is 0. The number of alkyl halides is 3. The van der Waals surface area contributed by atoms with E-state index in [2.05, 4.69) is 14.6 Å². The molecule has 0 saturated heterocycles. The maximum Gasteiger partial charge on any atom is 0.470 e. The summed E-state index contributed by atoms with van der Waals surface area (Å²) in [5.41, 5.74) is 1.07. The van der Waals surface area contributed by atoms with Gasteiger partial charge in [-0.05, 0) is 50.6 Å². The van der Waals surface area contributed by atoms with Gasteiger partial charge in [0, 0.05) is 11.3 Å². The average Bonchev–Trinajstić information content (AvgIpc) is 3.16. The minimum atomic E-state index is -4.70. The first-order valence-corrected chi connectivity index (χ1v) is 9.08. The SMILES string of the molecule is CC(C)(C)OC(=O)N(Cc1ccc(-c2nnc(C(F)(F)F)o2)cc1)c1ccccc1. The van der Waals surface area contributed by atoms with Gasteiger partial charge >= 0.3 is 18.2 Å². The summed E-state index contributed by atoms with van der Waals surface area (Å²) in [5.74, 6) is -1.64. The minimum absolute atomic E-state index is 0.205. The average molecular weight is 419 g/mol. The fourth-order valence-corrected chi connectivity index (χ4v) is 2.58. The number of ether oxygens (including phenoxy) is 1. The fourth-order valence-electron chi connectivity index (χ4n) is 2.58. The Hall–Kier alpha value is -3.36. The predicted molar refractivity (Wildman–Crippen MR) is 104 cm³/mol. The van der Waals surface area contributed by atoms with Gasteiger partial charge in [-0.15, -0.1) is 10.2 Å². The zero-order valence-corrected chi connectivity index (χ0v) is 16.6. The Labute approximate surface area is 171 Å². The van der Waals surface area contributed by atoms with Gasteiger partial charge in [0.25, 0.3) is 0 Å². The lowest BCUT2D eigenvalue weighted by molar-refractivity contribution is -0.156. The summed E-state index contributed by atoms with van der Waals surface area (Å²) >= 11 is 0. The van der Waals surface area contributed by atoms with E-state index < -0.39 is 23.8 Å². The molecule has 0 unspecified atom stereocenters. The van der Waals surface area contributed by atoms with E-state index in [1.165, 1.54) is 4.90 Å². The number of anilines is 1. The molecule has 9 heteroatoms. The Balaban J connectivity index is 1.81. The molecular formula is C21H20F3N3O3. The lowest BCUT2D eigenvalue weighted by atomic mass is 10.1. The van der Waals surface area contributed by atoms with E-state index in [-0.39, 0.29) is 12.4 Å². The number of carbonyl (C=O) groups is 1. The molecule has 0 atom stereocenters. The number of hydrogen-bond acceptors (Lipinski definition) is 5. The molecule has 0 spiro atoms. The molecule has 3 rings (SSSR count). The van der Waals surface area contributed by atoms with Gasteiger partial charge in [-0.25, -0.2) is 4.79 Å². The van der Waals surface area contributed by atoms with Crippen LogP contribution in [-0.2, 0) is 17.5 Å². The summed E-state index contributed by atoms with van der Waals surface area (Å²) in [6.45, 7) is 5.55.